The summed E-state index contributed by atoms with van der Waals surface area (Å²) in [7, 11) is -11.1. The van der Waals surface area contributed by atoms with Crippen LogP contribution < -0.4 is 27.4 Å². The summed E-state index contributed by atoms with van der Waals surface area (Å²) in [4.78, 5) is 43.2. The third kappa shape index (κ3) is 6.89. The molecular weight excluding hydrogens is 524 g/mol. The van der Waals surface area contributed by atoms with Crippen molar-refractivity contribution in [3.05, 3.63) is 48.5 Å². The van der Waals surface area contributed by atoms with Crippen molar-refractivity contribution in [2.45, 2.75) is 31.1 Å². The van der Waals surface area contributed by atoms with Crippen molar-refractivity contribution in [3.63, 3.8) is 0 Å². The number of phosphoric acid groups is 2. The van der Waals surface area contributed by atoms with Crippen molar-refractivity contribution in [2.75, 3.05) is 11.9 Å². The molecule has 0 radical (unpaired) electrons. The second-order valence-corrected chi connectivity index (χ2v) is 9.97. The SMILES string of the molecule is O=P([O-])(O)OP(=O)([O-])OC[C@H]1O[C@@H](n2cnc3c(NCc4ccccc4)ncnc32)[C@H](O)[C@@H]1O.[NH4+].[NH4+]. The van der Waals surface area contributed by atoms with Crippen molar-refractivity contribution in [1.29, 1.82) is 0 Å². The van der Waals surface area contributed by atoms with E-state index in [0.29, 0.717) is 17.9 Å². The smallest absolute Gasteiger partial charge is 0.274 e. The second kappa shape index (κ2) is 11.8. The molecule has 36 heavy (non-hydrogen) atoms. The van der Waals surface area contributed by atoms with E-state index < -0.39 is 46.8 Å². The van der Waals surface area contributed by atoms with Crippen molar-refractivity contribution in [3.8, 4) is 0 Å². The fraction of sp³-hybridized carbons (Fsp3) is 0.353. The molecule has 0 aliphatic carbocycles. The number of nitrogens with zero attached hydrogens (tertiary/aromatic N) is 4. The third-order valence-electron chi connectivity index (χ3n) is 4.87. The number of ether oxygens (including phenoxy) is 1. The Morgan fingerprint density at radius 1 is 1.08 bits per heavy atom. The normalized spacial score (nSPS) is 24.8. The summed E-state index contributed by atoms with van der Waals surface area (Å²) in [5.41, 5.74) is 1.62. The average molecular weight is 551 g/mol. The van der Waals surface area contributed by atoms with Crippen LogP contribution in [0.5, 0.6) is 0 Å². The summed E-state index contributed by atoms with van der Waals surface area (Å²) in [6, 6.07) is 9.54. The molecule has 0 saturated carbocycles. The van der Waals surface area contributed by atoms with Gasteiger partial charge in [-0.3, -0.25) is 13.7 Å². The standard InChI is InChI=1S/C17H21N5O10P2.2H3N/c23-13-11(7-30-34(28,29)32-33(25,26)27)31-17(14(13)24)22-9-21-12-15(19-8-20-16(12)22)18-6-10-4-2-1-3-5-10;;/h1-5,8-9,11,13-14,17,23-24H,6-7H2,(H,28,29)(H,18,19,20)(H2,25,26,27);2*1H3/t11-,13-,14-,17-;;/m1../s1. The summed E-state index contributed by atoms with van der Waals surface area (Å²) < 4.78 is 36.8. The first-order valence-electron chi connectivity index (χ1n) is 9.72. The zero-order chi connectivity index (χ0) is 24.5. The summed E-state index contributed by atoms with van der Waals surface area (Å²) in [6.07, 6.45) is -3.22. The molecule has 0 amide bonds. The summed E-state index contributed by atoms with van der Waals surface area (Å²) >= 11 is 0. The van der Waals surface area contributed by atoms with Gasteiger partial charge in [0.25, 0.3) is 15.6 Å². The molecule has 1 aliphatic heterocycles. The lowest BCUT2D eigenvalue weighted by Crippen LogP contribution is -2.34. The van der Waals surface area contributed by atoms with Gasteiger partial charge in [-0.05, 0) is 5.56 Å². The highest BCUT2D eigenvalue weighted by Gasteiger charge is 2.45. The van der Waals surface area contributed by atoms with E-state index in [0.717, 1.165) is 5.56 Å². The maximum absolute atomic E-state index is 11.5. The van der Waals surface area contributed by atoms with Gasteiger partial charge in [-0.15, -0.1) is 0 Å². The molecule has 4 rings (SSSR count). The lowest BCUT2D eigenvalue weighted by molar-refractivity contribution is -0.242. The number of aliphatic hydroxyl groups excluding tert-OH is 2. The summed E-state index contributed by atoms with van der Waals surface area (Å²) in [5, 5.41) is 23.8. The highest BCUT2D eigenvalue weighted by Crippen LogP contribution is 2.52. The molecule has 200 valence electrons. The van der Waals surface area contributed by atoms with Gasteiger partial charge in [0.05, 0.1) is 12.9 Å². The van der Waals surface area contributed by atoms with Crippen LogP contribution in [0.25, 0.3) is 11.2 Å². The molecule has 2 unspecified atom stereocenters. The van der Waals surface area contributed by atoms with Gasteiger partial charge in [0.1, 0.15) is 24.6 Å². The molecule has 6 atom stereocenters. The van der Waals surface area contributed by atoms with Crippen LogP contribution in [0.2, 0.25) is 0 Å². The highest BCUT2D eigenvalue weighted by molar-refractivity contribution is 7.59. The van der Waals surface area contributed by atoms with Gasteiger partial charge >= 0.3 is 0 Å². The van der Waals surface area contributed by atoms with Crippen molar-refractivity contribution in [2.24, 2.45) is 0 Å². The Kier molecular flexibility index (Phi) is 9.77. The predicted octanol–water partition coefficient (Wildman–Crippen LogP) is -0.228. The maximum Gasteiger partial charge on any atom is 0.274 e. The monoisotopic (exact) mass is 551 g/mol. The average Bonchev–Trinajstić information content (AvgIpc) is 3.32. The number of hydrogen-bond acceptors (Lipinski definition) is 13. The van der Waals surface area contributed by atoms with Gasteiger partial charge in [0, 0.05) is 6.54 Å². The molecule has 1 saturated heterocycles. The number of quaternary nitrogens is 2. The van der Waals surface area contributed by atoms with E-state index in [4.69, 9.17) is 9.63 Å². The molecule has 3 aromatic rings. The molecule has 1 aliphatic rings. The van der Waals surface area contributed by atoms with Crippen LogP contribution >= 0.6 is 15.6 Å². The Morgan fingerprint density at radius 3 is 2.44 bits per heavy atom. The number of imidazole rings is 1. The number of fused-ring (bicyclic) bond motifs is 1. The largest absolute Gasteiger partial charge is 0.756 e. The molecule has 0 bridgehead atoms. The molecule has 3 heterocycles. The fourth-order valence-corrected chi connectivity index (χ4v) is 4.89. The van der Waals surface area contributed by atoms with E-state index in [1.54, 1.807) is 0 Å². The van der Waals surface area contributed by atoms with E-state index in [-0.39, 0.29) is 17.9 Å². The number of rotatable bonds is 9. The molecule has 0 spiro atoms. The number of aliphatic hydroxyl groups is 2. The van der Waals surface area contributed by atoms with Gasteiger partial charge in [0.2, 0.25) is 0 Å². The molecular formula is C17H27N7O10P2. The lowest BCUT2D eigenvalue weighted by atomic mass is 10.1. The quantitative estimate of drug-likeness (QED) is 0.187. The third-order valence-corrected chi connectivity index (χ3v) is 6.96. The minimum Gasteiger partial charge on any atom is -0.756 e. The van der Waals surface area contributed by atoms with Crippen molar-refractivity contribution >= 4 is 32.6 Å². The number of benzene rings is 1. The van der Waals surface area contributed by atoms with Gasteiger partial charge in [-0.2, -0.15) is 0 Å². The summed E-state index contributed by atoms with van der Waals surface area (Å²) in [5.74, 6) is 0.413. The van der Waals surface area contributed by atoms with Crippen LogP contribution in [0, 0.1) is 0 Å². The van der Waals surface area contributed by atoms with Crippen LogP contribution in [0.4, 0.5) is 5.82 Å². The Morgan fingerprint density at radius 2 is 1.78 bits per heavy atom. The fourth-order valence-electron chi connectivity index (χ4n) is 3.36. The van der Waals surface area contributed by atoms with Crippen molar-refractivity contribution in [1.82, 2.24) is 31.8 Å². The van der Waals surface area contributed by atoms with Crippen LogP contribution in [0.1, 0.15) is 11.8 Å². The number of aromatic nitrogens is 4. The number of hydrogen-bond donors (Lipinski definition) is 6. The zero-order valence-corrected chi connectivity index (χ0v) is 20.9. The molecule has 1 aromatic carbocycles. The Balaban J connectivity index is 0.00000228. The Bertz CT molecular complexity index is 1240. The van der Waals surface area contributed by atoms with E-state index >= 15 is 0 Å². The van der Waals surface area contributed by atoms with E-state index in [1.807, 2.05) is 30.3 Å². The van der Waals surface area contributed by atoms with E-state index in [1.165, 1.54) is 17.2 Å². The van der Waals surface area contributed by atoms with E-state index in [9.17, 15) is 29.1 Å². The molecule has 2 aromatic heterocycles. The van der Waals surface area contributed by atoms with Crippen LogP contribution in [-0.4, -0.2) is 59.5 Å². The Labute approximate surface area is 204 Å². The number of anilines is 1. The molecule has 19 heteroatoms. The number of phosphoric ester groups is 1. The number of nitrogens with one attached hydrogen (secondary N) is 1. The zero-order valence-electron chi connectivity index (χ0n) is 19.1. The molecule has 1 fully saturated rings. The van der Waals surface area contributed by atoms with Gasteiger partial charge < -0.3 is 51.8 Å². The van der Waals surface area contributed by atoms with E-state index in [2.05, 4.69) is 29.1 Å². The van der Waals surface area contributed by atoms with Crippen molar-refractivity contribution < 1.29 is 47.6 Å². The first-order valence-corrected chi connectivity index (χ1v) is 12.7. The topological polar surface area (TPSA) is 297 Å². The van der Waals surface area contributed by atoms with Crippen LogP contribution in [0.15, 0.2) is 43.0 Å². The summed E-state index contributed by atoms with van der Waals surface area (Å²) in [6.45, 7) is -0.442. The van der Waals surface area contributed by atoms with Gasteiger partial charge in [-0.25, -0.2) is 19.3 Å². The Hall–Kier alpha value is -2.37. The van der Waals surface area contributed by atoms with Crippen LogP contribution in [0.3, 0.4) is 0 Å². The van der Waals surface area contributed by atoms with Crippen LogP contribution in [-0.2, 0) is 29.2 Å². The first kappa shape index (κ1) is 29.9. The minimum atomic E-state index is -5.62. The second-order valence-electron chi connectivity index (χ2n) is 7.22. The maximum atomic E-state index is 11.5. The lowest BCUT2D eigenvalue weighted by Gasteiger charge is -2.28. The molecule has 17 nitrogen and oxygen atoms in total. The minimum absolute atomic E-state index is 0. The van der Waals surface area contributed by atoms with Gasteiger partial charge in [0.15, 0.2) is 23.2 Å². The first-order chi connectivity index (χ1) is 16.0. The predicted molar refractivity (Wildman–Crippen MR) is 121 cm³/mol. The van der Waals surface area contributed by atoms with Gasteiger partial charge in [-0.1, -0.05) is 30.3 Å². The highest BCUT2D eigenvalue weighted by atomic mass is 31.3. The molecule has 12 N–H and O–H groups in total.